The van der Waals surface area contributed by atoms with Crippen LogP contribution in [0.1, 0.15) is 47.5 Å². The lowest BCUT2D eigenvalue weighted by Crippen LogP contribution is -2.16. The van der Waals surface area contributed by atoms with Crippen LogP contribution in [-0.4, -0.2) is 12.0 Å². The molecule has 0 atom stereocenters. The summed E-state index contributed by atoms with van der Waals surface area (Å²) in [6.45, 7) is 9.77. The molecule has 1 aromatic carbocycles. The van der Waals surface area contributed by atoms with E-state index in [-0.39, 0.29) is 5.41 Å². The van der Waals surface area contributed by atoms with Crippen molar-refractivity contribution in [1.29, 1.82) is 0 Å². The highest BCUT2D eigenvalue weighted by Crippen LogP contribution is 2.30. The van der Waals surface area contributed by atoms with E-state index in [0.29, 0.717) is 0 Å². The standard InChI is InChI=1S/C17H24N2S/c1-12-8-6-7-9-13(12)10-15-19-16(17(2,3)4)14(20-15)11-18-5/h6-9,18H,10-11H2,1-5H3. The second kappa shape index (κ2) is 6.06. The van der Waals surface area contributed by atoms with Gasteiger partial charge < -0.3 is 5.32 Å². The Balaban J connectivity index is 2.32. The van der Waals surface area contributed by atoms with E-state index < -0.39 is 0 Å². The van der Waals surface area contributed by atoms with Gasteiger partial charge in [-0.3, -0.25) is 0 Å². The molecular weight excluding hydrogens is 264 g/mol. The molecule has 1 N–H and O–H groups in total. The molecule has 0 unspecified atom stereocenters. The second-order valence-corrected chi connectivity index (χ2v) is 7.43. The highest BCUT2D eigenvalue weighted by molar-refractivity contribution is 7.11. The van der Waals surface area contributed by atoms with Gasteiger partial charge in [-0.2, -0.15) is 0 Å². The van der Waals surface area contributed by atoms with E-state index in [4.69, 9.17) is 4.98 Å². The van der Waals surface area contributed by atoms with Gasteiger partial charge in [0.1, 0.15) is 0 Å². The summed E-state index contributed by atoms with van der Waals surface area (Å²) in [6, 6.07) is 8.57. The van der Waals surface area contributed by atoms with E-state index in [9.17, 15) is 0 Å². The van der Waals surface area contributed by atoms with Gasteiger partial charge in [0.2, 0.25) is 0 Å². The zero-order chi connectivity index (χ0) is 14.8. The lowest BCUT2D eigenvalue weighted by molar-refractivity contribution is 0.561. The van der Waals surface area contributed by atoms with Crippen molar-refractivity contribution >= 4 is 11.3 Å². The summed E-state index contributed by atoms with van der Waals surface area (Å²) >= 11 is 1.84. The quantitative estimate of drug-likeness (QED) is 0.917. The van der Waals surface area contributed by atoms with Crippen LogP contribution in [0, 0.1) is 6.92 Å². The number of thiazole rings is 1. The molecule has 0 bridgehead atoms. The first-order valence-electron chi connectivity index (χ1n) is 7.10. The molecule has 0 saturated carbocycles. The third kappa shape index (κ3) is 3.47. The predicted octanol–water partition coefficient (Wildman–Crippen LogP) is 4.06. The molecule has 0 fully saturated rings. The Morgan fingerprint density at radius 3 is 2.50 bits per heavy atom. The molecule has 2 rings (SSSR count). The highest BCUT2D eigenvalue weighted by atomic mass is 32.1. The van der Waals surface area contributed by atoms with E-state index in [1.54, 1.807) is 0 Å². The zero-order valence-electron chi connectivity index (χ0n) is 13.1. The monoisotopic (exact) mass is 288 g/mol. The Hall–Kier alpha value is -1.19. The number of aryl methyl sites for hydroxylation is 1. The Labute approximate surface area is 126 Å². The van der Waals surface area contributed by atoms with Crippen molar-refractivity contribution in [2.45, 2.75) is 46.1 Å². The Morgan fingerprint density at radius 2 is 1.90 bits per heavy atom. The summed E-state index contributed by atoms with van der Waals surface area (Å²) in [5, 5.41) is 4.47. The minimum Gasteiger partial charge on any atom is -0.315 e. The topological polar surface area (TPSA) is 24.9 Å². The fourth-order valence-corrected chi connectivity index (χ4v) is 3.63. The number of hydrogen-bond donors (Lipinski definition) is 1. The van der Waals surface area contributed by atoms with Gasteiger partial charge >= 0.3 is 0 Å². The third-order valence-corrected chi connectivity index (χ3v) is 4.45. The first-order valence-corrected chi connectivity index (χ1v) is 7.91. The summed E-state index contributed by atoms with van der Waals surface area (Å²) in [5.41, 5.74) is 4.06. The molecule has 0 aliphatic heterocycles. The van der Waals surface area contributed by atoms with Crippen molar-refractivity contribution in [2.24, 2.45) is 0 Å². The molecular formula is C17H24N2S. The number of benzene rings is 1. The molecule has 2 aromatic rings. The molecule has 0 aliphatic carbocycles. The van der Waals surface area contributed by atoms with Crippen molar-refractivity contribution in [3.8, 4) is 0 Å². The van der Waals surface area contributed by atoms with Crippen LogP contribution in [-0.2, 0) is 18.4 Å². The number of hydrogen-bond acceptors (Lipinski definition) is 3. The first kappa shape index (κ1) is 15.2. The van der Waals surface area contributed by atoms with Gasteiger partial charge in [0.05, 0.1) is 10.7 Å². The molecule has 0 spiro atoms. The molecule has 3 heteroatoms. The number of nitrogens with zero attached hydrogens (tertiary/aromatic N) is 1. The summed E-state index contributed by atoms with van der Waals surface area (Å²) in [6.07, 6.45) is 0.935. The van der Waals surface area contributed by atoms with Gasteiger partial charge in [0.15, 0.2) is 0 Å². The van der Waals surface area contributed by atoms with Gasteiger partial charge in [-0.1, -0.05) is 45.0 Å². The van der Waals surface area contributed by atoms with E-state index >= 15 is 0 Å². The predicted molar refractivity (Wildman–Crippen MR) is 87.6 cm³/mol. The van der Waals surface area contributed by atoms with Crippen molar-refractivity contribution in [1.82, 2.24) is 10.3 Å². The van der Waals surface area contributed by atoms with E-state index in [0.717, 1.165) is 13.0 Å². The fourth-order valence-electron chi connectivity index (χ4n) is 2.31. The summed E-state index contributed by atoms with van der Waals surface area (Å²) in [5.74, 6) is 0. The molecule has 0 saturated heterocycles. The van der Waals surface area contributed by atoms with Crippen LogP contribution in [0.4, 0.5) is 0 Å². The van der Waals surface area contributed by atoms with Gasteiger partial charge in [-0.05, 0) is 25.1 Å². The second-order valence-electron chi connectivity index (χ2n) is 6.26. The highest BCUT2D eigenvalue weighted by Gasteiger charge is 2.22. The lowest BCUT2D eigenvalue weighted by atomic mass is 9.91. The van der Waals surface area contributed by atoms with E-state index in [2.05, 4.69) is 57.3 Å². The van der Waals surface area contributed by atoms with Crippen LogP contribution in [0.25, 0.3) is 0 Å². The summed E-state index contributed by atoms with van der Waals surface area (Å²) < 4.78 is 0. The van der Waals surface area contributed by atoms with Gasteiger partial charge in [-0.25, -0.2) is 4.98 Å². The van der Waals surface area contributed by atoms with Crippen LogP contribution in [0.2, 0.25) is 0 Å². The Morgan fingerprint density at radius 1 is 1.20 bits per heavy atom. The van der Waals surface area contributed by atoms with Crippen LogP contribution in [0.3, 0.4) is 0 Å². The molecule has 108 valence electrons. The van der Waals surface area contributed by atoms with Gasteiger partial charge in [-0.15, -0.1) is 11.3 Å². The van der Waals surface area contributed by atoms with Crippen molar-refractivity contribution < 1.29 is 0 Å². The molecule has 1 aromatic heterocycles. The molecule has 2 nitrogen and oxygen atoms in total. The molecule has 0 radical (unpaired) electrons. The minimum absolute atomic E-state index is 0.104. The van der Waals surface area contributed by atoms with Crippen LogP contribution in [0.15, 0.2) is 24.3 Å². The Kier molecular flexibility index (Phi) is 4.61. The zero-order valence-corrected chi connectivity index (χ0v) is 13.9. The SMILES string of the molecule is CNCc1sc(Cc2ccccc2C)nc1C(C)(C)C. The average molecular weight is 288 g/mol. The third-order valence-electron chi connectivity index (χ3n) is 3.39. The molecule has 0 aliphatic rings. The first-order chi connectivity index (χ1) is 9.41. The van der Waals surface area contributed by atoms with Gasteiger partial charge in [0.25, 0.3) is 0 Å². The van der Waals surface area contributed by atoms with Crippen molar-refractivity contribution in [2.75, 3.05) is 7.05 Å². The smallest absolute Gasteiger partial charge is 0.0975 e. The van der Waals surface area contributed by atoms with Crippen LogP contribution >= 0.6 is 11.3 Å². The van der Waals surface area contributed by atoms with Crippen molar-refractivity contribution in [3.05, 3.63) is 51.0 Å². The molecule has 0 amide bonds. The summed E-state index contributed by atoms with van der Waals surface area (Å²) in [7, 11) is 1.99. The van der Waals surface area contributed by atoms with Crippen LogP contribution < -0.4 is 5.32 Å². The van der Waals surface area contributed by atoms with Gasteiger partial charge in [0, 0.05) is 23.3 Å². The normalized spacial score (nSPS) is 11.8. The fraction of sp³-hybridized carbons (Fsp3) is 0.471. The van der Waals surface area contributed by atoms with Crippen LogP contribution in [0.5, 0.6) is 0 Å². The van der Waals surface area contributed by atoms with Crippen molar-refractivity contribution in [3.63, 3.8) is 0 Å². The van der Waals surface area contributed by atoms with E-state index in [1.807, 2.05) is 18.4 Å². The molecule has 1 heterocycles. The number of nitrogens with one attached hydrogen (secondary N) is 1. The molecule has 20 heavy (non-hydrogen) atoms. The maximum atomic E-state index is 4.91. The summed E-state index contributed by atoms with van der Waals surface area (Å²) in [4.78, 5) is 6.28. The maximum Gasteiger partial charge on any atom is 0.0975 e. The number of aromatic nitrogens is 1. The Bertz CT molecular complexity index is 579. The maximum absolute atomic E-state index is 4.91. The number of rotatable bonds is 4. The average Bonchev–Trinajstić information content (AvgIpc) is 2.76. The lowest BCUT2D eigenvalue weighted by Gasteiger charge is -2.17. The van der Waals surface area contributed by atoms with E-state index in [1.165, 1.54) is 26.7 Å². The largest absolute Gasteiger partial charge is 0.315 e. The minimum atomic E-state index is 0.104.